The number of aromatic amines is 1. The Balaban J connectivity index is 1.43. The summed E-state index contributed by atoms with van der Waals surface area (Å²) >= 11 is 0. The Kier molecular flexibility index (Phi) is 15.7. The minimum atomic E-state index is -1.06. The maximum atomic E-state index is 15.0. The molecule has 2 unspecified atom stereocenters. The van der Waals surface area contributed by atoms with Crippen molar-refractivity contribution in [1.82, 2.24) is 25.5 Å². The maximum Gasteiger partial charge on any atom is 0.408 e. The van der Waals surface area contributed by atoms with Gasteiger partial charge in [-0.2, -0.15) is 0 Å². The Hall–Kier alpha value is -5.90. The largest absolute Gasteiger partial charge is 0.489 e. The van der Waals surface area contributed by atoms with E-state index in [-0.39, 0.29) is 30.9 Å². The number of carbonyl (C=O) groups is 3. The zero-order valence-corrected chi connectivity index (χ0v) is 32.8. The molecule has 10 heteroatoms. The van der Waals surface area contributed by atoms with Crippen molar-refractivity contribution in [3.05, 3.63) is 156 Å². The number of hydrogen-bond donors (Lipinski definition) is 3. The fourth-order valence-electron chi connectivity index (χ4n) is 6.90. The van der Waals surface area contributed by atoms with E-state index in [1.165, 1.54) is 6.33 Å². The summed E-state index contributed by atoms with van der Waals surface area (Å²) in [5.41, 5.74) is 4.23. The summed E-state index contributed by atoms with van der Waals surface area (Å²) in [4.78, 5) is 51.6. The van der Waals surface area contributed by atoms with E-state index in [1.807, 2.05) is 103 Å². The molecule has 1 aromatic heterocycles. The number of amides is 3. The van der Waals surface area contributed by atoms with Crippen LogP contribution in [0.1, 0.15) is 80.8 Å². The lowest BCUT2D eigenvalue weighted by atomic mass is 9.75. The number of unbranched alkanes of at least 4 members (excludes halogenated alkanes) is 1. The van der Waals surface area contributed by atoms with E-state index in [0.29, 0.717) is 31.0 Å². The van der Waals surface area contributed by atoms with Crippen LogP contribution in [0.15, 0.2) is 128 Å². The molecule has 10 nitrogen and oxygen atoms in total. The smallest absolute Gasteiger partial charge is 0.408 e. The number of benzene rings is 4. The average molecular weight is 758 g/mol. The van der Waals surface area contributed by atoms with E-state index in [2.05, 4.69) is 53.5 Å². The number of aromatic nitrogens is 2. The highest BCUT2D eigenvalue weighted by atomic mass is 16.5. The molecule has 4 aromatic carbocycles. The molecule has 1 heterocycles. The van der Waals surface area contributed by atoms with Gasteiger partial charge in [-0.05, 0) is 53.6 Å². The molecule has 0 aliphatic carbocycles. The Morgan fingerprint density at radius 3 is 2.00 bits per heavy atom. The van der Waals surface area contributed by atoms with Crippen molar-refractivity contribution in [3.63, 3.8) is 0 Å². The third-order valence-electron chi connectivity index (χ3n) is 10.4. The van der Waals surface area contributed by atoms with Crippen LogP contribution in [-0.4, -0.2) is 51.4 Å². The molecular formula is C46H55N5O5. The molecule has 0 fully saturated rings. The fourth-order valence-corrected chi connectivity index (χ4v) is 6.90. The van der Waals surface area contributed by atoms with E-state index >= 15 is 0 Å². The van der Waals surface area contributed by atoms with E-state index < -0.39 is 24.1 Å². The van der Waals surface area contributed by atoms with Crippen LogP contribution in [0.4, 0.5) is 4.79 Å². The normalized spacial score (nSPS) is 12.3. The van der Waals surface area contributed by atoms with E-state index in [4.69, 9.17) is 9.47 Å². The van der Waals surface area contributed by atoms with Crippen molar-refractivity contribution in [2.45, 2.75) is 96.6 Å². The van der Waals surface area contributed by atoms with Gasteiger partial charge in [0, 0.05) is 36.8 Å². The van der Waals surface area contributed by atoms with Crippen LogP contribution in [0.25, 0.3) is 0 Å². The van der Waals surface area contributed by atoms with Crippen molar-refractivity contribution in [3.8, 4) is 5.75 Å². The molecule has 56 heavy (non-hydrogen) atoms. The summed E-state index contributed by atoms with van der Waals surface area (Å²) in [5.74, 6) is 0.0491. The van der Waals surface area contributed by atoms with Crippen molar-refractivity contribution in [2.24, 2.45) is 0 Å². The van der Waals surface area contributed by atoms with Crippen LogP contribution in [0, 0.1) is 0 Å². The molecule has 0 bridgehead atoms. The van der Waals surface area contributed by atoms with Gasteiger partial charge in [0.05, 0.1) is 6.33 Å². The lowest BCUT2D eigenvalue weighted by Crippen LogP contribution is -2.57. The lowest BCUT2D eigenvalue weighted by molar-refractivity contribution is -0.143. The molecule has 5 rings (SSSR count). The molecule has 0 saturated carbocycles. The second-order valence-electron chi connectivity index (χ2n) is 14.2. The molecule has 0 saturated heterocycles. The number of ether oxygens (including phenoxy) is 2. The number of hydrogen-bond acceptors (Lipinski definition) is 6. The number of alkyl carbamates (subject to hydrolysis) is 1. The van der Waals surface area contributed by atoms with Gasteiger partial charge in [0.1, 0.15) is 31.0 Å². The monoisotopic (exact) mass is 757 g/mol. The first kappa shape index (κ1) is 41.3. The Morgan fingerprint density at radius 2 is 1.41 bits per heavy atom. The standard InChI is InChI=1S/C46H55N5O5/c1-4-7-23-42(43(52)48-33-46(5-2,6-3)38-21-15-10-16-22-38)51(30-35-24-26-40(27-25-35)55-31-36-17-11-8-12-18-36)44(53)41(28-39-29-47-34-49-39)50-45(54)56-32-37-19-13-9-14-20-37/h8-22,24-27,29,34,41-42H,4-7,23,28,30-33H2,1-3H3,(H,47,49)(H,48,52)(H,50,54). The molecule has 3 N–H and O–H groups in total. The first-order chi connectivity index (χ1) is 27.3. The van der Waals surface area contributed by atoms with Crippen molar-refractivity contribution < 1.29 is 23.9 Å². The maximum absolute atomic E-state index is 15.0. The van der Waals surface area contributed by atoms with Crippen LogP contribution in [-0.2, 0) is 45.9 Å². The van der Waals surface area contributed by atoms with E-state index in [0.717, 1.165) is 47.9 Å². The lowest BCUT2D eigenvalue weighted by Gasteiger charge is -2.36. The van der Waals surface area contributed by atoms with Gasteiger partial charge in [-0.3, -0.25) is 9.59 Å². The Labute approximate surface area is 331 Å². The number of carbonyl (C=O) groups excluding carboxylic acids is 3. The van der Waals surface area contributed by atoms with Crippen LogP contribution in [0.2, 0.25) is 0 Å². The molecule has 0 aliphatic heterocycles. The Bertz CT molecular complexity index is 1900. The minimum absolute atomic E-state index is 0.0413. The summed E-state index contributed by atoms with van der Waals surface area (Å²) in [7, 11) is 0. The molecule has 2 atom stereocenters. The molecular weight excluding hydrogens is 703 g/mol. The Morgan fingerprint density at radius 1 is 0.786 bits per heavy atom. The first-order valence-corrected chi connectivity index (χ1v) is 19.7. The van der Waals surface area contributed by atoms with Gasteiger partial charge in [-0.25, -0.2) is 9.78 Å². The van der Waals surface area contributed by atoms with Crippen molar-refractivity contribution in [2.75, 3.05) is 6.54 Å². The highest BCUT2D eigenvalue weighted by Gasteiger charge is 2.37. The van der Waals surface area contributed by atoms with Gasteiger partial charge < -0.3 is 30.0 Å². The van der Waals surface area contributed by atoms with Crippen LogP contribution < -0.4 is 15.4 Å². The number of nitrogens with zero attached hydrogens (tertiary/aromatic N) is 2. The van der Waals surface area contributed by atoms with Gasteiger partial charge in [-0.1, -0.05) is 137 Å². The van der Waals surface area contributed by atoms with E-state index in [9.17, 15) is 14.4 Å². The highest BCUT2D eigenvalue weighted by molar-refractivity contribution is 5.91. The summed E-state index contributed by atoms with van der Waals surface area (Å²) < 4.78 is 11.6. The van der Waals surface area contributed by atoms with Gasteiger partial charge >= 0.3 is 6.09 Å². The summed E-state index contributed by atoms with van der Waals surface area (Å²) in [5, 5.41) is 6.11. The predicted octanol–water partition coefficient (Wildman–Crippen LogP) is 8.29. The predicted molar refractivity (Wildman–Crippen MR) is 219 cm³/mol. The minimum Gasteiger partial charge on any atom is -0.489 e. The number of H-pyrrole nitrogens is 1. The number of nitrogens with one attached hydrogen (secondary N) is 3. The zero-order chi connectivity index (χ0) is 39.6. The molecule has 0 radical (unpaired) electrons. The average Bonchev–Trinajstić information content (AvgIpc) is 3.77. The second kappa shape index (κ2) is 21.3. The van der Waals surface area contributed by atoms with Crippen molar-refractivity contribution in [1.29, 1.82) is 0 Å². The van der Waals surface area contributed by atoms with Crippen molar-refractivity contribution >= 4 is 17.9 Å². The quantitative estimate of drug-likeness (QED) is 0.0692. The third-order valence-corrected chi connectivity index (χ3v) is 10.4. The molecule has 5 aromatic rings. The van der Waals surface area contributed by atoms with Gasteiger partial charge in [0.15, 0.2) is 0 Å². The van der Waals surface area contributed by atoms with E-state index in [1.54, 1.807) is 11.1 Å². The SMILES string of the molecule is CCCCC(C(=O)NCC(CC)(CC)c1ccccc1)N(Cc1ccc(OCc2ccccc2)cc1)C(=O)C(Cc1cnc[nH]1)NC(=O)OCc1ccccc1. The molecule has 3 amide bonds. The molecule has 294 valence electrons. The number of rotatable bonds is 21. The fraction of sp³-hybridized carbons (Fsp3) is 0.348. The van der Waals surface area contributed by atoms with Crippen LogP contribution in [0.5, 0.6) is 5.75 Å². The second-order valence-corrected chi connectivity index (χ2v) is 14.2. The number of imidazole rings is 1. The summed E-state index contributed by atoms with van der Waals surface area (Å²) in [6.45, 7) is 7.36. The third kappa shape index (κ3) is 11.8. The topological polar surface area (TPSA) is 126 Å². The van der Waals surface area contributed by atoms with Gasteiger partial charge in [0.25, 0.3) is 0 Å². The molecule has 0 spiro atoms. The first-order valence-electron chi connectivity index (χ1n) is 19.7. The summed E-state index contributed by atoms with van der Waals surface area (Å²) in [6, 6.07) is 35.3. The van der Waals surface area contributed by atoms with Crippen LogP contribution >= 0.6 is 0 Å². The summed E-state index contributed by atoms with van der Waals surface area (Å²) in [6.07, 6.45) is 6.18. The van der Waals surface area contributed by atoms with Crippen LogP contribution in [0.3, 0.4) is 0 Å². The van der Waals surface area contributed by atoms with Gasteiger partial charge in [-0.15, -0.1) is 0 Å². The highest BCUT2D eigenvalue weighted by Crippen LogP contribution is 2.31. The molecule has 0 aliphatic rings. The van der Waals surface area contributed by atoms with Gasteiger partial charge in [0.2, 0.25) is 11.8 Å². The zero-order valence-electron chi connectivity index (χ0n) is 32.8.